The summed E-state index contributed by atoms with van der Waals surface area (Å²) in [5, 5.41) is 10.6. The van der Waals surface area contributed by atoms with Crippen LogP contribution >= 0.6 is 0 Å². The Morgan fingerprint density at radius 2 is 1.82 bits per heavy atom. The molecule has 4 heteroatoms. The maximum absolute atomic E-state index is 9.36. The van der Waals surface area contributed by atoms with Gasteiger partial charge in [-0.25, -0.2) is 4.98 Å². The molecule has 3 aromatic rings. The highest BCUT2D eigenvalue weighted by atomic mass is 16.3. The van der Waals surface area contributed by atoms with E-state index in [2.05, 4.69) is 70.6 Å². The molecule has 4 nitrogen and oxygen atoms in total. The van der Waals surface area contributed by atoms with Crippen LogP contribution in [-0.4, -0.2) is 26.2 Å². The molecule has 0 aliphatic heterocycles. The van der Waals surface area contributed by atoms with E-state index in [1.165, 1.54) is 16.5 Å². The summed E-state index contributed by atoms with van der Waals surface area (Å²) in [4.78, 5) is 10.1. The van der Waals surface area contributed by atoms with Crippen molar-refractivity contribution in [2.75, 3.05) is 6.61 Å². The summed E-state index contributed by atoms with van der Waals surface area (Å²) in [6.45, 7) is 11.1. The predicted molar refractivity (Wildman–Crippen MR) is 117 cm³/mol. The van der Waals surface area contributed by atoms with Gasteiger partial charge < -0.3 is 9.67 Å². The molecule has 1 N–H and O–H groups in total. The summed E-state index contributed by atoms with van der Waals surface area (Å²) in [7, 11) is 2.06. The topological polar surface area (TPSA) is 50.9 Å². The Bertz CT molecular complexity index is 972. The maximum atomic E-state index is 9.36. The number of aromatic nitrogens is 3. The molecule has 0 radical (unpaired) electrons. The number of hydrogen-bond acceptors (Lipinski definition) is 3. The highest BCUT2D eigenvalue weighted by Gasteiger charge is 2.19. The molecule has 3 rings (SSSR count). The van der Waals surface area contributed by atoms with Gasteiger partial charge in [0.2, 0.25) is 0 Å². The standard InChI is InChI=1S/C24H33N3O/c1-7-17-13-19-20(16(5)11-12-28)14-27(6)24(19)26-23(17)18-9-10-22(15(3)4)25-21(18)8-2/h9-10,13-16,28H,7-8,11-12H2,1-6H3/t16-/m0/s1. The van der Waals surface area contributed by atoms with Gasteiger partial charge in [-0.3, -0.25) is 4.98 Å². The van der Waals surface area contributed by atoms with Crippen LogP contribution in [0.5, 0.6) is 0 Å². The second-order valence-electron chi connectivity index (χ2n) is 8.07. The van der Waals surface area contributed by atoms with Crippen molar-refractivity contribution in [2.45, 2.75) is 65.7 Å². The van der Waals surface area contributed by atoms with Crippen LogP contribution in [0.2, 0.25) is 0 Å². The Morgan fingerprint density at radius 1 is 1.07 bits per heavy atom. The van der Waals surface area contributed by atoms with Crippen LogP contribution in [-0.2, 0) is 19.9 Å². The van der Waals surface area contributed by atoms with Gasteiger partial charge in [-0.1, -0.05) is 34.6 Å². The first-order chi connectivity index (χ1) is 13.4. The maximum Gasteiger partial charge on any atom is 0.140 e. The molecule has 28 heavy (non-hydrogen) atoms. The van der Waals surface area contributed by atoms with E-state index in [0.717, 1.165) is 47.6 Å². The Labute approximate surface area is 168 Å². The van der Waals surface area contributed by atoms with E-state index in [4.69, 9.17) is 9.97 Å². The van der Waals surface area contributed by atoms with Crippen LogP contribution in [0, 0.1) is 0 Å². The van der Waals surface area contributed by atoms with Crippen molar-refractivity contribution in [3.05, 3.63) is 46.9 Å². The summed E-state index contributed by atoms with van der Waals surface area (Å²) in [6, 6.07) is 6.65. The summed E-state index contributed by atoms with van der Waals surface area (Å²) >= 11 is 0. The van der Waals surface area contributed by atoms with Crippen LogP contribution < -0.4 is 0 Å². The van der Waals surface area contributed by atoms with E-state index in [-0.39, 0.29) is 6.61 Å². The number of hydrogen-bond donors (Lipinski definition) is 1. The zero-order chi connectivity index (χ0) is 20.4. The minimum Gasteiger partial charge on any atom is -0.396 e. The lowest BCUT2D eigenvalue weighted by Gasteiger charge is -2.15. The molecule has 0 bridgehead atoms. The number of aliphatic hydroxyl groups is 1. The SMILES string of the molecule is CCc1cc2c([C@@H](C)CCO)cn(C)c2nc1-c1ccc(C(C)C)nc1CC. The molecule has 3 heterocycles. The largest absolute Gasteiger partial charge is 0.396 e. The molecule has 0 amide bonds. The van der Waals surface area contributed by atoms with Gasteiger partial charge in [0.25, 0.3) is 0 Å². The van der Waals surface area contributed by atoms with Gasteiger partial charge in [0.15, 0.2) is 0 Å². The van der Waals surface area contributed by atoms with Crippen LogP contribution in [0.3, 0.4) is 0 Å². The predicted octanol–water partition coefficient (Wildman–Crippen LogP) is 5.37. The first kappa shape index (κ1) is 20.5. The third kappa shape index (κ3) is 3.70. The van der Waals surface area contributed by atoms with Crippen LogP contribution in [0.25, 0.3) is 22.3 Å². The fourth-order valence-corrected chi connectivity index (χ4v) is 3.94. The molecule has 0 unspecified atom stereocenters. The van der Waals surface area contributed by atoms with Gasteiger partial charge >= 0.3 is 0 Å². The van der Waals surface area contributed by atoms with Crippen molar-refractivity contribution in [3.8, 4) is 11.3 Å². The Hall–Kier alpha value is -2.20. The van der Waals surface area contributed by atoms with E-state index >= 15 is 0 Å². The van der Waals surface area contributed by atoms with Gasteiger partial charge in [-0.15, -0.1) is 0 Å². The van der Waals surface area contributed by atoms with Crippen molar-refractivity contribution >= 4 is 11.0 Å². The molecule has 0 fully saturated rings. The normalized spacial score (nSPS) is 12.9. The third-order valence-electron chi connectivity index (χ3n) is 5.71. The van der Waals surface area contributed by atoms with Crippen LogP contribution in [0.15, 0.2) is 24.4 Å². The fourth-order valence-electron chi connectivity index (χ4n) is 3.94. The zero-order valence-corrected chi connectivity index (χ0v) is 18.1. The van der Waals surface area contributed by atoms with E-state index in [1.54, 1.807) is 0 Å². The first-order valence-electron chi connectivity index (χ1n) is 10.5. The lowest BCUT2D eigenvalue weighted by molar-refractivity contribution is 0.279. The second-order valence-corrected chi connectivity index (χ2v) is 8.07. The van der Waals surface area contributed by atoms with Gasteiger partial charge in [-0.2, -0.15) is 0 Å². The van der Waals surface area contributed by atoms with E-state index in [9.17, 15) is 5.11 Å². The average Bonchev–Trinajstić information content (AvgIpc) is 3.02. The first-order valence-corrected chi connectivity index (χ1v) is 10.5. The molecule has 0 saturated heterocycles. The molecular weight excluding hydrogens is 346 g/mol. The Kier molecular flexibility index (Phi) is 6.19. The number of aliphatic hydroxyl groups excluding tert-OH is 1. The van der Waals surface area contributed by atoms with Crippen molar-refractivity contribution in [1.29, 1.82) is 0 Å². The number of aryl methyl sites for hydroxylation is 3. The Morgan fingerprint density at radius 3 is 2.43 bits per heavy atom. The van der Waals surface area contributed by atoms with Gasteiger partial charge in [0.1, 0.15) is 5.65 Å². The molecule has 0 spiro atoms. The molecule has 1 atom stereocenters. The van der Waals surface area contributed by atoms with Crippen molar-refractivity contribution in [3.63, 3.8) is 0 Å². The van der Waals surface area contributed by atoms with Crippen molar-refractivity contribution < 1.29 is 5.11 Å². The van der Waals surface area contributed by atoms with Crippen molar-refractivity contribution in [2.24, 2.45) is 7.05 Å². The van der Waals surface area contributed by atoms with E-state index < -0.39 is 0 Å². The number of nitrogens with zero attached hydrogens (tertiary/aromatic N) is 3. The minimum atomic E-state index is 0.206. The number of rotatable bonds is 7. The molecule has 0 saturated carbocycles. The monoisotopic (exact) mass is 379 g/mol. The minimum absolute atomic E-state index is 0.206. The summed E-state index contributed by atoms with van der Waals surface area (Å²) < 4.78 is 2.11. The molecule has 3 aromatic heterocycles. The van der Waals surface area contributed by atoms with Gasteiger partial charge in [-0.05, 0) is 60.4 Å². The Balaban J connectivity index is 2.21. The van der Waals surface area contributed by atoms with E-state index in [1.807, 2.05) is 0 Å². The third-order valence-corrected chi connectivity index (χ3v) is 5.71. The second kappa shape index (κ2) is 8.44. The lowest BCUT2D eigenvalue weighted by atomic mass is 9.95. The van der Waals surface area contributed by atoms with Crippen LogP contribution in [0.1, 0.15) is 75.4 Å². The molecule has 0 aromatic carbocycles. The summed E-state index contributed by atoms with van der Waals surface area (Å²) in [5.74, 6) is 0.730. The van der Waals surface area contributed by atoms with Crippen LogP contribution in [0.4, 0.5) is 0 Å². The molecule has 0 aliphatic carbocycles. The summed E-state index contributed by atoms with van der Waals surface area (Å²) in [5.41, 5.74) is 7.99. The molecule has 150 valence electrons. The molecule has 0 aliphatic rings. The van der Waals surface area contributed by atoms with Gasteiger partial charge in [0, 0.05) is 42.2 Å². The lowest BCUT2D eigenvalue weighted by Crippen LogP contribution is -2.03. The van der Waals surface area contributed by atoms with Crippen molar-refractivity contribution in [1.82, 2.24) is 14.5 Å². The highest BCUT2D eigenvalue weighted by Crippen LogP contribution is 2.34. The summed E-state index contributed by atoms with van der Waals surface area (Å²) in [6.07, 6.45) is 4.76. The van der Waals surface area contributed by atoms with E-state index in [0.29, 0.717) is 11.8 Å². The smallest absolute Gasteiger partial charge is 0.140 e. The quantitative estimate of drug-likeness (QED) is 0.600. The number of fused-ring (bicyclic) bond motifs is 1. The molecular formula is C24H33N3O. The highest BCUT2D eigenvalue weighted by molar-refractivity contribution is 5.85. The number of pyridine rings is 2. The average molecular weight is 380 g/mol. The zero-order valence-electron chi connectivity index (χ0n) is 18.1. The fraction of sp³-hybridized carbons (Fsp3) is 0.500. The van der Waals surface area contributed by atoms with Gasteiger partial charge in [0.05, 0.1) is 5.69 Å².